The maximum atomic E-state index is 11.7. The number of para-hydroxylation sites is 1. The maximum Gasteiger partial charge on any atom is 0.240 e. The average Bonchev–Trinajstić information content (AvgIpc) is 2.39. The third-order valence-electron chi connectivity index (χ3n) is 3.64. The van der Waals surface area contributed by atoms with Gasteiger partial charge in [-0.05, 0) is 37.3 Å². The van der Waals surface area contributed by atoms with Gasteiger partial charge in [-0.3, -0.25) is 4.99 Å². The Bertz CT molecular complexity index is 573. The van der Waals surface area contributed by atoms with Crippen LogP contribution in [0.15, 0.2) is 28.1 Å². The van der Waals surface area contributed by atoms with Crippen molar-refractivity contribution < 1.29 is 8.42 Å². The highest BCUT2D eigenvalue weighted by Gasteiger charge is 2.23. The molecule has 0 spiro atoms. The van der Waals surface area contributed by atoms with E-state index in [-0.39, 0.29) is 4.90 Å². The molecule has 1 aliphatic rings. The second-order valence-corrected chi connectivity index (χ2v) is 6.49. The van der Waals surface area contributed by atoms with Crippen LogP contribution in [0.25, 0.3) is 0 Å². The topological polar surface area (TPSA) is 72.5 Å². The van der Waals surface area contributed by atoms with Gasteiger partial charge in [0, 0.05) is 6.21 Å². The lowest BCUT2D eigenvalue weighted by molar-refractivity contribution is 0.443. The number of sulfonamides is 1. The summed E-state index contributed by atoms with van der Waals surface area (Å²) in [7, 11) is -3.73. The average molecular weight is 280 g/mol. The molecule has 0 radical (unpaired) electrons. The molecule has 1 aliphatic carbocycles. The molecule has 0 unspecified atom stereocenters. The number of hydrogen-bond acceptors (Lipinski definition) is 3. The van der Waals surface area contributed by atoms with E-state index >= 15 is 0 Å². The first-order valence-electron chi connectivity index (χ1n) is 6.68. The standard InChI is InChI=1S/C14H20N2O2S/c1-2-16-14-12(11-7-4-3-5-8-11)9-6-10-13(14)19(15,17)18/h2,6,9-11H,3-5,7-8H2,1H3,(H2,15,17,18). The van der Waals surface area contributed by atoms with Gasteiger partial charge in [0.05, 0.1) is 5.69 Å². The predicted molar refractivity (Wildman–Crippen MR) is 77.5 cm³/mol. The summed E-state index contributed by atoms with van der Waals surface area (Å²) in [4.78, 5) is 4.40. The zero-order valence-electron chi connectivity index (χ0n) is 11.2. The Balaban J connectivity index is 2.54. The molecule has 0 aliphatic heterocycles. The molecule has 1 aromatic rings. The third-order valence-corrected chi connectivity index (χ3v) is 4.58. The normalized spacial score (nSPS) is 18.0. The number of aliphatic imine (C=N–C) groups is 1. The van der Waals surface area contributed by atoms with Crippen molar-refractivity contribution in [1.29, 1.82) is 0 Å². The van der Waals surface area contributed by atoms with E-state index in [1.165, 1.54) is 25.3 Å². The number of nitrogens with two attached hydrogens (primary N) is 1. The molecular formula is C14H20N2O2S. The second kappa shape index (κ2) is 5.84. The highest BCUT2D eigenvalue weighted by Crippen LogP contribution is 2.40. The molecule has 0 amide bonds. The minimum Gasteiger partial charge on any atom is -0.260 e. The van der Waals surface area contributed by atoms with Gasteiger partial charge in [-0.2, -0.15) is 0 Å². The van der Waals surface area contributed by atoms with Gasteiger partial charge in [0.25, 0.3) is 0 Å². The SMILES string of the molecule is CC=Nc1c(C2CCCCC2)cccc1S(N)(=O)=O. The van der Waals surface area contributed by atoms with Crippen LogP contribution >= 0.6 is 0 Å². The fourth-order valence-corrected chi connectivity index (χ4v) is 3.49. The molecule has 0 bridgehead atoms. The smallest absolute Gasteiger partial charge is 0.240 e. The van der Waals surface area contributed by atoms with Crippen LogP contribution in [-0.4, -0.2) is 14.6 Å². The highest BCUT2D eigenvalue weighted by molar-refractivity contribution is 7.89. The second-order valence-electron chi connectivity index (χ2n) is 4.96. The monoisotopic (exact) mass is 280 g/mol. The van der Waals surface area contributed by atoms with Gasteiger partial charge in [-0.15, -0.1) is 0 Å². The maximum absolute atomic E-state index is 11.7. The van der Waals surface area contributed by atoms with Crippen molar-refractivity contribution in [3.05, 3.63) is 23.8 Å². The van der Waals surface area contributed by atoms with E-state index in [0.717, 1.165) is 18.4 Å². The number of primary sulfonamides is 1. The Labute approximate surface area is 114 Å². The van der Waals surface area contributed by atoms with Crippen molar-refractivity contribution in [3.8, 4) is 0 Å². The largest absolute Gasteiger partial charge is 0.260 e. The Morgan fingerprint density at radius 3 is 2.53 bits per heavy atom. The molecule has 5 heteroatoms. The van der Waals surface area contributed by atoms with Gasteiger partial charge < -0.3 is 0 Å². The fraction of sp³-hybridized carbons (Fsp3) is 0.500. The molecule has 1 saturated carbocycles. The number of hydrogen-bond donors (Lipinski definition) is 1. The minimum atomic E-state index is -3.73. The molecule has 2 N–H and O–H groups in total. The summed E-state index contributed by atoms with van der Waals surface area (Å²) in [6, 6.07) is 5.27. The van der Waals surface area contributed by atoms with Gasteiger partial charge in [-0.25, -0.2) is 13.6 Å². The minimum absolute atomic E-state index is 0.133. The zero-order valence-corrected chi connectivity index (χ0v) is 12.0. The first-order valence-corrected chi connectivity index (χ1v) is 8.23. The van der Waals surface area contributed by atoms with Crippen molar-refractivity contribution in [3.63, 3.8) is 0 Å². The summed E-state index contributed by atoms with van der Waals surface area (Å²) in [5.74, 6) is 0.397. The lowest BCUT2D eigenvalue weighted by atomic mass is 9.83. The van der Waals surface area contributed by atoms with Crippen molar-refractivity contribution in [2.45, 2.75) is 49.8 Å². The Hall–Kier alpha value is -1.20. The van der Waals surface area contributed by atoms with Crippen LogP contribution in [0.1, 0.15) is 50.5 Å². The van der Waals surface area contributed by atoms with Gasteiger partial charge in [0.2, 0.25) is 10.0 Å². The van der Waals surface area contributed by atoms with E-state index in [1.54, 1.807) is 19.2 Å². The Morgan fingerprint density at radius 1 is 1.26 bits per heavy atom. The van der Waals surface area contributed by atoms with Gasteiger partial charge in [0.1, 0.15) is 4.90 Å². The summed E-state index contributed by atoms with van der Waals surface area (Å²) >= 11 is 0. The molecule has 0 aromatic heterocycles. The van der Waals surface area contributed by atoms with Crippen molar-refractivity contribution in [2.75, 3.05) is 0 Å². The molecule has 1 fully saturated rings. The van der Waals surface area contributed by atoms with Crippen LogP contribution in [0.5, 0.6) is 0 Å². The van der Waals surface area contributed by atoms with E-state index in [9.17, 15) is 8.42 Å². The molecule has 19 heavy (non-hydrogen) atoms. The number of nitrogens with zero attached hydrogens (tertiary/aromatic N) is 1. The van der Waals surface area contributed by atoms with E-state index in [4.69, 9.17) is 5.14 Å². The molecular weight excluding hydrogens is 260 g/mol. The molecule has 2 rings (SSSR count). The van der Waals surface area contributed by atoms with E-state index in [0.29, 0.717) is 11.6 Å². The predicted octanol–water partition coefficient (Wildman–Crippen LogP) is 3.10. The van der Waals surface area contributed by atoms with Gasteiger partial charge >= 0.3 is 0 Å². The van der Waals surface area contributed by atoms with Crippen LogP contribution in [0.2, 0.25) is 0 Å². The summed E-state index contributed by atoms with van der Waals surface area (Å²) < 4.78 is 23.3. The Kier molecular flexibility index (Phi) is 4.37. The van der Waals surface area contributed by atoms with Gasteiger partial charge in [-0.1, -0.05) is 31.4 Å². The van der Waals surface area contributed by atoms with Crippen LogP contribution < -0.4 is 5.14 Å². The van der Waals surface area contributed by atoms with Crippen molar-refractivity contribution in [2.24, 2.45) is 10.1 Å². The van der Waals surface area contributed by atoms with Crippen LogP contribution in [0, 0.1) is 0 Å². The number of benzene rings is 1. The first kappa shape index (κ1) is 14.2. The van der Waals surface area contributed by atoms with E-state index in [2.05, 4.69) is 4.99 Å². The van der Waals surface area contributed by atoms with Gasteiger partial charge in [0.15, 0.2) is 0 Å². The zero-order chi connectivity index (χ0) is 13.9. The first-order chi connectivity index (χ1) is 9.04. The number of rotatable bonds is 3. The summed E-state index contributed by atoms with van der Waals surface area (Å²) in [5.41, 5.74) is 1.55. The molecule has 0 heterocycles. The summed E-state index contributed by atoms with van der Waals surface area (Å²) in [6.45, 7) is 1.78. The summed E-state index contributed by atoms with van der Waals surface area (Å²) in [5, 5.41) is 5.28. The summed E-state index contributed by atoms with van der Waals surface area (Å²) in [6.07, 6.45) is 7.47. The van der Waals surface area contributed by atoms with E-state index < -0.39 is 10.0 Å². The Morgan fingerprint density at radius 2 is 1.95 bits per heavy atom. The van der Waals surface area contributed by atoms with Crippen molar-refractivity contribution >= 4 is 21.9 Å². The lowest BCUT2D eigenvalue weighted by Crippen LogP contribution is -2.14. The molecule has 1 aromatic carbocycles. The third kappa shape index (κ3) is 3.22. The van der Waals surface area contributed by atoms with Crippen LogP contribution in [0.3, 0.4) is 0 Å². The lowest BCUT2D eigenvalue weighted by Gasteiger charge is -2.24. The van der Waals surface area contributed by atoms with Crippen molar-refractivity contribution in [1.82, 2.24) is 0 Å². The molecule has 0 saturated heterocycles. The quantitative estimate of drug-likeness (QED) is 0.864. The molecule has 0 atom stereocenters. The van der Waals surface area contributed by atoms with E-state index in [1.807, 2.05) is 6.07 Å². The van der Waals surface area contributed by atoms with Crippen LogP contribution in [0.4, 0.5) is 5.69 Å². The fourth-order valence-electron chi connectivity index (χ4n) is 2.78. The molecule has 104 valence electrons. The van der Waals surface area contributed by atoms with Crippen LogP contribution in [-0.2, 0) is 10.0 Å². The highest BCUT2D eigenvalue weighted by atomic mass is 32.2. The molecule has 4 nitrogen and oxygen atoms in total.